The number of benzene rings is 1. The van der Waals surface area contributed by atoms with Gasteiger partial charge in [-0.05, 0) is 42.5 Å². The molecule has 1 aromatic carbocycles. The predicted octanol–water partition coefficient (Wildman–Crippen LogP) is 1.45. The lowest BCUT2D eigenvalue weighted by Crippen LogP contribution is -2.20. The fourth-order valence-electron chi connectivity index (χ4n) is 1.71. The van der Waals surface area contributed by atoms with Crippen molar-refractivity contribution in [1.29, 1.82) is 0 Å². The van der Waals surface area contributed by atoms with Crippen molar-refractivity contribution in [2.24, 2.45) is 11.7 Å². The summed E-state index contributed by atoms with van der Waals surface area (Å²) in [5, 5.41) is 18.4. The summed E-state index contributed by atoms with van der Waals surface area (Å²) in [5.74, 6) is 0.729. The van der Waals surface area contributed by atoms with E-state index < -0.39 is 0 Å². The van der Waals surface area contributed by atoms with Crippen molar-refractivity contribution >= 4 is 0 Å². The number of phenols is 1. The molecule has 0 saturated heterocycles. The molecule has 0 spiro atoms. The number of aromatic hydroxyl groups is 1. The third kappa shape index (κ3) is 3.53. The minimum absolute atomic E-state index is 0.125. The fraction of sp³-hybridized carbons (Fsp3) is 0.500. The molecular formula is C12H19NO2. The molecule has 0 fully saturated rings. The molecule has 2 atom stereocenters. The van der Waals surface area contributed by atoms with Crippen molar-refractivity contribution in [1.82, 2.24) is 0 Å². The van der Waals surface area contributed by atoms with Crippen LogP contribution in [0.5, 0.6) is 5.75 Å². The van der Waals surface area contributed by atoms with Crippen molar-refractivity contribution in [3.8, 4) is 5.75 Å². The largest absolute Gasteiger partial charge is 0.508 e. The Morgan fingerprint density at radius 3 is 2.67 bits per heavy atom. The first kappa shape index (κ1) is 12.0. The van der Waals surface area contributed by atoms with Gasteiger partial charge < -0.3 is 15.9 Å². The molecule has 0 amide bonds. The van der Waals surface area contributed by atoms with Crippen LogP contribution in [0.25, 0.3) is 0 Å². The molecule has 0 heterocycles. The molecule has 84 valence electrons. The maximum Gasteiger partial charge on any atom is 0.115 e. The average Bonchev–Trinajstić information content (AvgIpc) is 2.25. The van der Waals surface area contributed by atoms with Crippen molar-refractivity contribution < 1.29 is 10.2 Å². The van der Waals surface area contributed by atoms with E-state index >= 15 is 0 Å². The molecule has 0 bridgehead atoms. The topological polar surface area (TPSA) is 66.5 Å². The minimum atomic E-state index is 0.125. The van der Waals surface area contributed by atoms with Gasteiger partial charge in [0.25, 0.3) is 0 Å². The molecule has 0 radical (unpaired) electrons. The van der Waals surface area contributed by atoms with E-state index in [2.05, 4.69) is 6.92 Å². The van der Waals surface area contributed by atoms with Crippen LogP contribution < -0.4 is 5.73 Å². The third-order valence-electron chi connectivity index (χ3n) is 2.72. The van der Waals surface area contributed by atoms with Gasteiger partial charge in [0.05, 0.1) is 0 Å². The van der Waals surface area contributed by atoms with Crippen LogP contribution in [0.15, 0.2) is 24.3 Å². The van der Waals surface area contributed by atoms with E-state index in [0.717, 1.165) is 12.0 Å². The van der Waals surface area contributed by atoms with E-state index in [4.69, 9.17) is 10.8 Å². The monoisotopic (exact) mass is 209 g/mol. The maximum absolute atomic E-state index is 9.34. The zero-order valence-electron chi connectivity index (χ0n) is 9.06. The van der Waals surface area contributed by atoms with Crippen LogP contribution in [-0.2, 0) is 0 Å². The first-order valence-electron chi connectivity index (χ1n) is 5.27. The highest BCUT2D eigenvalue weighted by Crippen LogP contribution is 2.25. The Hall–Kier alpha value is -1.06. The number of rotatable bonds is 5. The SMILES string of the molecule is CC(CC(CN)CO)c1cccc(O)c1. The Morgan fingerprint density at radius 1 is 1.40 bits per heavy atom. The summed E-state index contributed by atoms with van der Waals surface area (Å²) in [6.45, 7) is 2.70. The van der Waals surface area contributed by atoms with Gasteiger partial charge in [0, 0.05) is 6.61 Å². The summed E-state index contributed by atoms with van der Waals surface area (Å²) >= 11 is 0. The number of aliphatic hydroxyl groups is 1. The molecule has 0 aliphatic rings. The van der Waals surface area contributed by atoms with Gasteiger partial charge >= 0.3 is 0 Å². The Labute approximate surface area is 90.5 Å². The average molecular weight is 209 g/mol. The van der Waals surface area contributed by atoms with Crippen LogP contribution in [0.3, 0.4) is 0 Å². The molecule has 15 heavy (non-hydrogen) atoms. The Bertz CT molecular complexity index is 297. The molecule has 2 unspecified atom stereocenters. The molecule has 0 aliphatic carbocycles. The number of nitrogens with two attached hydrogens (primary N) is 1. The first-order valence-corrected chi connectivity index (χ1v) is 5.27. The normalized spacial score (nSPS) is 14.9. The number of aliphatic hydroxyl groups excluding tert-OH is 1. The molecule has 3 heteroatoms. The van der Waals surface area contributed by atoms with Crippen LogP contribution in [0.4, 0.5) is 0 Å². The summed E-state index contributed by atoms with van der Waals surface area (Å²) in [7, 11) is 0. The number of hydrogen-bond acceptors (Lipinski definition) is 3. The Kier molecular flexibility index (Phi) is 4.59. The summed E-state index contributed by atoms with van der Waals surface area (Å²) < 4.78 is 0. The molecule has 3 nitrogen and oxygen atoms in total. The second kappa shape index (κ2) is 5.73. The summed E-state index contributed by atoms with van der Waals surface area (Å²) in [6, 6.07) is 7.23. The first-order chi connectivity index (χ1) is 7.17. The lowest BCUT2D eigenvalue weighted by molar-refractivity contribution is 0.217. The van der Waals surface area contributed by atoms with Gasteiger partial charge in [0.15, 0.2) is 0 Å². The Balaban J connectivity index is 2.64. The van der Waals surface area contributed by atoms with Crippen LogP contribution in [-0.4, -0.2) is 23.4 Å². The van der Waals surface area contributed by atoms with Gasteiger partial charge in [0.2, 0.25) is 0 Å². The van der Waals surface area contributed by atoms with Gasteiger partial charge in [-0.1, -0.05) is 19.1 Å². The quantitative estimate of drug-likeness (QED) is 0.687. The predicted molar refractivity (Wildman–Crippen MR) is 60.8 cm³/mol. The van der Waals surface area contributed by atoms with E-state index in [-0.39, 0.29) is 18.3 Å². The van der Waals surface area contributed by atoms with Crippen molar-refractivity contribution in [3.63, 3.8) is 0 Å². The van der Waals surface area contributed by atoms with Crippen molar-refractivity contribution in [2.45, 2.75) is 19.3 Å². The maximum atomic E-state index is 9.34. The van der Waals surface area contributed by atoms with E-state index in [1.807, 2.05) is 12.1 Å². The minimum Gasteiger partial charge on any atom is -0.508 e. The lowest BCUT2D eigenvalue weighted by Gasteiger charge is -2.17. The van der Waals surface area contributed by atoms with Crippen LogP contribution in [0.2, 0.25) is 0 Å². The van der Waals surface area contributed by atoms with Crippen molar-refractivity contribution in [3.05, 3.63) is 29.8 Å². The molecule has 1 aromatic rings. The summed E-state index contributed by atoms with van der Waals surface area (Å²) in [6.07, 6.45) is 0.844. The lowest BCUT2D eigenvalue weighted by atomic mass is 9.90. The number of phenolic OH excluding ortho intramolecular Hbond substituents is 1. The van der Waals surface area contributed by atoms with E-state index in [9.17, 15) is 5.11 Å². The van der Waals surface area contributed by atoms with Gasteiger partial charge in [-0.3, -0.25) is 0 Å². The third-order valence-corrected chi connectivity index (χ3v) is 2.72. The van der Waals surface area contributed by atoms with Gasteiger partial charge in [-0.2, -0.15) is 0 Å². The highest BCUT2D eigenvalue weighted by molar-refractivity contribution is 5.29. The van der Waals surface area contributed by atoms with Gasteiger partial charge in [-0.25, -0.2) is 0 Å². The summed E-state index contributed by atoms with van der Waals surface area (Å²) in [4.78, 5) is 0. The highest BCUT2D eigenvalue weighted by atomic mass is 16.3. The standard InChI is InChI=1S/C12H19NO2/c1-9(5-10(7-13)8-14)11-3-2-4-12(15)6-11/h2-4,6,9-10,14-15H,5,7-8,13H2,1H3. The Morgan fingerprint density at radius 2 is 2.13 bits per heavy atom. The molecule has 1 rings (SSSR count). The second-order valence-electron chi connectivity index (χ2n) is 4.02. The fourth-order valence-corrected chi connectivity index (χ4v) is 1.71. The zero-order valence-corrected chi connectivity index (χ0v) is 9.06. The molecule has 0 saturated carbocycles. The van der Waals surface area contributed by atoms with Crippen LogP contribution in [0, 0.1) is 5.92 Å². The molecule has 0 aromatic heterocycles. The highest BCUT2D eigenvalue weighted by Gasteiger charge is 2.12. The molecule has 4 N–H and O–H groups in total. The van der Waals surface area contributed by atoms with E-state index in [1.165, 1.54) is 0 Å². The van der Waals surface area contributed by atoms with Gasteiger partial charge in [0.1, 0.15) is 5.75 Å². The summed E-state index contributed by atoms with van der Waals surface area (Å²) in [5.41, 5.74) is 6.62. The van der Waals surface area contributed by atoms with Crippen LogP contribution in [0.1, 0.15) is 24.8 Å². The molecular weight excluding hydrogens is 190 g/mol. The van der Waals surface area contributed by atoms with Crippen molar-refractivity contribution in [2.75, 3.05) is 13.2 Å². The zero-order chi connectivity index (χ0) is 11.3. The van der Waals surface area contributed by atoms with Crippen LogP contribution >= 0.6 is 0 Å². The van der Waals surface area contributed by atoms with E-state index in [0.29, 0.717) is 12.5 Å². The van der Waals surface area contributed by atoms with E-state index in [1.54, 1.807) is 12.1 Å². The number of hydrogen-bond donors (Lipinski definition) is 3. The second-order valence-corrected chi connectivity index (χ2v) is 4.02. The smallest absolute Gasteiger partial charge is 0.115 e. The van der Waals surface area contributed by atoms with Gasteiger partial charge in [-0.15, -0.1) is 0 Å². The molecule has 0 aliphatic heterocycles.